The Balaban J connectivity index is 1.93. The van der Waals surface area contributed by atoms with Crippen LogP contribution in [0.3, 0.4) is 0 Å². The van der Waals surface area contributed by atoms with Gasteiger partial charge in [0.25, 0.3) is 0 Å². The summed E-state index contributed by atoms with van der Waals surface area (Å²) in [6.45, 7) is 1.12. The van der Waals surface area contributed by atoms with E-state index < -0.39 is 0 Å². The van der Waals surface area contributed by atoms with Gasteiger partial charge in [0.05, 0.1) is 0 Å². The second-order valence-electron chi connectivity index (χ2n) is 4.41. The highest BCUT2D eigenvalue weighted by atomic mass is 35.5. The molecule has 0 spiro atoms. The second-order valence-corrected chi connectivity index (χ2v) is 6.61. The fourth-order valence-electron chi connectivity index (χ4n) is 1.88. The number of halogens is 2. The third-order valence-corrected chi connectivity index (χ3v) is 4.43. The number of hydrogen-bond acceptors (Lipinski definition) is 4. The van der Waals surface area contributed by atoms with Gasteiger partial charge < -0.3 is 5.32 Å². The molecule has 1 unspecified atom stereocenters. The van der Waals surface area contributed by atoms with Crippen LogP contribution in [0.15, 0.2) is 18.2 Å². The highest BCUT2D eigenvalue weighted by Crippen LogP contribution is 2.25. The first-order chi connectivity index (χ1) is 8.97. The Hall–Kier alpha value is -0.460. The van der Waals surface area contributed by atoms with Gasteiger partial charge in [-0.15, -0.1) is 0 Å². The van der Waals surface area contributed by atoms with E-state index in [1.807, 2.05) is 28.8 Å². The van der Waals surface area contributed by atoms with Gasteiger partial charge in [-0.25, -0.2) is 8.61 Å². The average molecular weight is 320 g/mol. The van der Waals surface area contributed by atoms with E-state index in [1.165, 1.54) is 0 Å². The van der Waals surface area contributed by atoms with E-state index in [2.05, 4.69) is 5.32 Å². The quantitative estimate of drug-likeness (QED) is 0.868. The summed E-state index contributed by atoms with van der Waals surface area (Å²) in [5, 5.41) is 4.06. The average Bonchev–Trinajstić information content (AvgIpc) is 2.67. The van der Waals surface area contributed by atoms with Crippen LogP contribution in [-0.4, -0.2) is 41.2 Å². The van der Waals surface area contributed by atoms with Crippen LogP contribution in [-0.2, 0) is 11.3 Å². The maximum atomic E-state index is 12.1. The molecule has 1 fully saturated rings. The van der Waals surface area contributed by atoms with E-state index in [9.17, 15) is 4.79 Å². The van der Waals surface area contributed by atoms with Gasteiger partial charge in [-0.1, -0.05) is 29.3 Å². The lowest BCUT2D eigenvalue weighted by atomic mass is 10.2. The van der Waals surface area contributed by atoms with Crippen molar-refractivity contribution in [3.63, 3.8) is 0 Å². The topological polar surface area (TPSA) is 35.6 Å². The molecule has 1 heterocycles. The molecular weight excluding hydrogens is 305 g/mol. The number of benzene rings is 1. The number of carbonyl (C=O) groups is 1. The first-order valence-corrected chi connectivity index (χ1v) is 7.29. The Morgan fingerprint density at radius 2 is 2.21 bits per heavy atom. The van der Waals surface area contributed by atoms with E-state index in [-0.39, 0.29) is 11.9 Å². The Bertz CT molecular complexity index is 486. The molecule has 0 saturated carbocycles. The van der Waals surface area contributed by atoms with Gasteiger partial charge in [-0.3, -0.25) is 4.79 Å². The molecule has 1 aliphatic heterocycles. The molecule has 2 rings (SSSR count). The fraction of sp³-hybridized carbons (Fsp3) is 0.417. The molecule has 1 aliphatic rings. The van der Waals surface area contributed by atoms with Crippen molar-refractivity contribution in [2.75, 3.05) is 20.6 Å². The van der Waals surface area contributed by atoms with Gasteiger partial charge in [0.2, 0.25) is 5.91 Å². The number of amides is 1. The Labute approximate surface area is 127 Å². The highest BCUT2D eigenvalue weighted by molar-refractivity contribution is 7.94. The largest absolute Gasteiger partial charge is 0.351 e. The molecule has 0 aromatic heterocycles. The van der Waals surface area contributed by atoms with E-state index in [4.69, 9.17) is 23.2 Å². The minimum absolute atomic E-state index is 0.00497. The van der Waals surface area contributed by atoms with E-state index in [0.29, 0.717) is 23.1 Å². The summed E-state index contributed by atoms with van der Waals surface area (Å²) in [6, 6.07) is 5.13. The lowest BCUT2D eigenvalue weighted by Gasteiger charge is -2.16. The standard InChI is InChI=1S/C12H15Cl2N3OS/c1-16-7-11(17(2)19-16)12(18)15-6-8-3-4-9(13)5-10(8)14/h3-5,11H,6-7H2,1-2H3,(H,15,18). The normalized spacial score (nSPS) is 20.7. The second kappa shape index (κ2) is 6.33. The number of hydrogen-bond donors (Lipinski definition) is 1. The molecule has 0 bridgehead atoms. The smallest absolute Gasteiger partial charge is 0.239 e. The molecule has 1 saturated heterocycles. The molecule has 7 heteroatoms. The van der Waals surface area contributed by atoms with Crippen LogP contribution in [0.4, 0.5) is 0 Å². The number of carbonyl (C=O) groups excluding carboxylic acids is 1. The Kier molecular flexibility index (Phi) is 4.97. The van der Waals surface area contributed by atoms with Crippen LogP contribution in [0.1, 0.15) is 5.56 Å². The number of nitrogens with one attached hydrogen (secondary N) is 1. The summed E-state index contributed by atoms with van der Waals surface area (Å²) in [4.78, 5) is 12.1. The molecule has 1 aromatic rings. The summed E-state index contributed by atoms with van der Waals surface area (Å²) in [5.74, 6) is 0.00497. The highest BCUT2D eigenvalue weighted by Gasteiger charge is 2.32. The summed E-state index contributed by atoms with van der Waals surface area (Å²) in [5.41, 5.74) is 0.862. The van der Waals surface area contributed by atoms with Crippen molar-refractivity contribution in [3.05, 3.63) is 33.8 Å². The van der Waals surface area contributed by atoms with Crippen molar-refractivity contribution in [3.8, 4) is 0 Å². The zero-order valence-corrected chi connectivity index (χ0v) is 13.0. The van der Waals surface area contributed by atoms with Crippen LogP contribution in [0, 0.1) is 0 Å². The van der Waals surface area contributed by atoms with Crippen molar-refractivity contribution in [1.82, 2.24) is 13.9 Å². The molecule has 0 radical (unpaired) electrons. The van der Waals surface area contributed by atoms with E-state index >= 15 is 0 Å². The maximum absolute atomic E-state index is 12.1. The van der Waals surface area contributed by atoms with E-state index in [0.717, 1.165) is 5.56 Å². The maximum Gasteiger partial charge on any atom is 0.239 e. The van der Waals surface area contributed by atoms with Gasteiger partial charge in [0, 0.05) is 35.3 Å². The zero-order valence-electron chi connectivity index (χ0n) is 10.7. The Morgan fingerprint density at radius 1 is 1.47 bits per heavy atom. The van der Waals surface area contributed by atoms with Crippen molar-refractivity contribution in [2.45, 2.75) is 12.6 Å². The summed E-state index contributed by atoms with van der Waals surface area (Å²) in [6.07, 6.45) is 0. The number of rotatable bonds is 3. The molecular formula is C12H15Cl2N3OS. The van der Waals surface area contributed by atoms with Crippen LogP contribution in [0.5, 0.6) is 0 Å². The fourth-order valence-corrected chi connectivity index (χ4v) is 3.28. The summed E-state index contributed by atoms with van der Waals surface area (Å²) < 4.78 is 3.97. The van der Waals surface area contributed by atoms with Crippen molar-refractivity contribution in [1.29, 1.82) is 0 Å². The molecule has 19 heavy (non-hydrogen) atoms. The molecule has 0 aliphatic carbocycles. The van der Waals surface area contributed by atoms with Crippen molar-refractivity contribution in [2.24, 2.45) is 0 Å². The summed E-state index contributed by atoms with van der Waals surface area (Å²) in [7, 11) is 3.87. The lowest BCUT2D eigenvalue weighted by Crippen LogP contribution is -2.41. The first kappa shape index (κ1) is 14.9. The molecule has 1 N–H and O–H groups in total. The van der Waals surface area contributed by atoms with Crippen molar-refractivity contribution < 1.29 is 4.79 Å². The SMILES string of the molecule is CN1CC(C(=O)NCc2ccc(Cl)cc2Cl)N(C)S1. The zero-order chi connectivity index (χ0) is 14.0. The monoisotopic (exact) mass is 319 g/mol. The Morgan fingerprint density at radius 3 is 2.79 bits per heavy atom. The third kappa shape index (κ3) is 3.77. The lowest BCUT2D eigenvalue weighted by molar-refractivity contribution is -0.124. The third-order valence-electron chi connectivity index (χ3n) is 2.91. The van der Waals surface area contributed by atoms with Gasteiger partial charge in [0.15, 0.2) is 0 Å². The van der Waals surface area contributed by atoms with Gasteiger partial charge in [-0.2, -0.15) is 0 Å². The predicted molar refractivity (Wildman–Crippen MR) is 80.1 cm³/mol. The van der Waals surface area contributed by atoms with Crippen molar-refractivity contribution >= 4 is 41.2 Å². The molecule has 1 amide bonds. The van der Waals surface area contributed by atoms with Crippen LogP contribution in [0.25, 0.3) is 0 Å². The van der Waals surface area contributed by atoms with Gasteiger partial charge >= 0.3 is 0 Å². The molecule has 4 nitrogen and oxygen atoms in total. The minimum Gasteiger partial charge on any atom is -0.351 e. The van der Waals surface area contributed by atoms with Crippen LogP contribution in [0.2, 0.25) is 10.0 Å². The minimum atomic E-state index is -0.138. The molecule has 104 valence electrons. The number of nitrogens with zero attached hydrogens (tertiary/aromatic N) is 2. The molecule has 1 atom stereocenters. The summed E-state index contributed by atoms with van der Waals surface area (Å²) >= 11 is 13.4. The van der Waals surface area contributed by atoms with Crippen LogP contribution >= 0.6 is 35.3 Å². The van der Waals surface area contributed by atoms with Gasteiger partial charge in [-0.05, 0) is 31.8 Å². The van der Waals surface area contributed by atoms with Gasteiger partial charge in [0.1, 0.15) is 6.04 Å². The van der Waals surface area contributed by atoms with E-state index in [1.54, 1.807) is 24.3 Å². The van der Waals surface area contributed by atoms with Crippen LogP contribution < -0.4 is 5.32 Å². The number of likely N-dealkylation sites (N-methyl/N-ethyl adjacent to an activating group) is 2. The molecule has 1 aromatic carbocycles. The first-order valence-electron chi connectivity index (χ1n) is 5.81. The predicted octanol–water partition coefficient (Wildman–Crippen LogP) is 2.42.